The van der Waals surface area contributed by atoms with E-state index in [2.05, 4.69) is 11.7 Å². The van der Waals surface area contributed by atoms with E-state index in [1.54, 1.807) is 0 Å². The smallest absolute Gasteiger partial charge is 0.136 e. The van der Waals surface area contributed by atoms with Crippen LogP contribution in [0, 0.1) is 0 Å². The molecular weight excluding hydrogens is 202 g/mol. The average molecular weight is 217 g/mol. The van der Waals surface area contributed by atoms with E-state index < -0.39 is 6.10 Å². The van der Waals surface area contributed by atoms with E-state index in [0.717, 1.165) is 17.7 Å². The topological polar surface area (TPSA) is 41.8 Å². The fourth-order valence-corrected chi connectivity index (χ4v) is 1.72. The standard InChI is InChI=1S/C13H15NO2/c1-2-11(15)8-12-9-13(14-16-12)10-6-4-3-5-7-10/h2-7,11-12,15H,1,8-9H2. The van der Waals surface area contributed by atoms with Gasteiger partial charge < -0.3 is 9.94 Å². The lowest BCUT2D eigenvalue weighted by Gasteiger charge is -2.10. The molecule has 0 bridgehead atoms. The molecule has 1 N–H and O–H groups in total. The number of hydrogen-bond acceptors (Lipinski definition) is 3. The minimum Gasteiger partial charge on any atom is -0.392 e. The quantitative estimate of drug-likeness (QED) is 0.785. The van der Waals surface area contributed by atoms with Crippen LogP contribution in [0.2, 0.25) is 0 Å². The second-order valence-electron chi connectivity index (χ2n) is 3.87. The molecule has 0 aliphatic carbocycles. The molecule has 3 heteroatoms. The molecule has 0 saturated heterocycles. The normalized spacial score (nSPS) is 21.1. The highest BCUT2D eigenvalue weighted by Crippen LogP contribution is 2.20. The zero-order valence-corrected chi connectivity index (χ0v) is 9.04. The first-order chi connectivity index (χ1) is 7.79. The van der Waals surface area contributed by atoms with Gasteiger partial charge in [-0.05, 0) is 5.56 Å². The predicted octanol–water partition coefficient (Wildman–Crippen LogP) is 2.12. The molecule has 0 spiro atoms. The maximum absolute atomic E-state index is 9.43. The van der Waals surface area contributed by atoms with Gasteiger partial charge in [0, 0.05) is 12.8 Å². The fraction of sp³-hybridized carbons (Fsp3) is 0.308. The van der Waals surface area contributed by atoms with Crippen LogP contribution < -0.4 is 0 Å². The zero-order valence-electron chi connectivity index (χ0n) is 9.04. The van der Waals surface area contributed by atoms with Gasteiger partial charge in [-0.15, -0.1) is 6.58 Å². The Bertz CT molecular complexity index is 386. The minimum absolute atomic E-state index is 0.0387. The molecule has 2 rings (SSSR count). The van der Waals surface area contributed by atoms with E-state index in [4.69, 9.17) is 4.84 Å². The molecule has 0 radical (unpaired) electrons. The number of nitrogens with zero attached hydrogens (tertiary/aromatic N) is 1. The third-order valence-electron chi connectivity index (χ3n) is 2.62. The van der Waals surface area contributed by atoms with Crippen molar-refractivity contribution in [1.29, 1.82) is 0 Å². The Hall–Kier alpha value is -1.61. The SMILES string of the molecule is C=CC(O)CC1CC(c2ccccc2)=NO1. The highest BCUT2D eigenvalue weighted by Gasteiger charge is 2.23. The van der Waals surface area contributed by atoms with Crippen molar-refractivity contribution >= 4 is 5.71 Å². The van der Waals surface area contributed by atoms with Crippen molar-refractivity contribution in [3.05, 3.63) is 48.6 Å². The van der Waals surface area contributed by atoms with Crippen LogP contribution in [-0.4, -0.2) is 23.0 Å². The second-order valence-corrected chi connectivity index (χ2v) is 3.87. The van der Waals surface area contributed by atoms with E-state index in [9.17, 15) is 5.11 Å². The summed E-state index contributed by atoms with van der Waals surface area (Å²) in [5.74, 6) is 0. The third kappa shape index (κ3) is 2.49. The molecule has 1 aliphatic heterocycles. The molecule has 0 fully saturated rings. The van der Waals surface area contributed by atoms with Crippen molar-refractivity contribution < 1.29 is 9.94 Å². The van der Waals surface area contributed by atoms with Gasteiger partial charge in [-0.1, -0.05) is 41.6 Å². The lowest BCUT2D eigenvalue weighted by molar-refractivity contribution is 0.0496. The van der Waals surface area contributed by atoms with Gasteiger partial charge in [0.15, 0.2) is 0 Å². The zero-order chi connectivity index (χ0) is 11.4. The highest BCUT2D eigenvalue weighted by molar-refractivity contribution is 6.01. The Morgan fingerprint density at radius 1 is 1.50 bits per heavy atom. The molecule has 1 aliphatic rings. The van der Waals surface area contributed by atoms with Gasteiger partial charge in [0.1, 0.15) is 6.10 Å². The molecule has 2 unspecified atom stereocenters. The first kappa shape index (κ1) is 10.9. The Labute approximate surface area is 95.0 Å². The molecule has 0 saturated carbocycles. The Kier molecular flexibility index (Phi) is 3.37. The number of oxime groups is 1. The van der Waals surface area contributed by atoms with Crippen LogP contribution in [0.25, 0.3) is 0 Å². The molecule has 84 valence electrons. The van der Waals surface area contributed by atoms with Crippen molar-refractivity contribution in [1.82, 2.24) is 0 Å². The van der Waals surface area contributed by atoms with Crippen LogP contribution >= 0.6 is 0 Å². The summed E-state index contributed by atoms with van der Waals surface area (Å²) in [6.07, 6.45) is 2.25. The second kappa shape index (κ2) is 4.94. The van der Waals surface area contributed by atoms with E-state index in [1.165, 1.54) is 6.08 Å². The number of benzene rings is 1. The lowest BCUT2D eigenvalue weighted by Crippen LogP contribution is -2.16. The molecular formula is C13H15NO2. The molecule has 0 amide bonds. The minimum atomic E-state index is -0.518. The summed E-state index contributed by atoms with van der Waals surface area (Å²) >= 11 is 0. The lowest BCUT2D eigenvalue weighted by atomic mass is 10.0. The van der Waals surface area contributed by atoms with Gasteiger partial charge in [-0.2, -0.15) is 0 Å². The maximum Gasteiger partial charge on any atom is 0.136 e. The Morgan fingerprint density at radius 2 is 2.25 bits per heavy atom. The fourth-order valence-electron chi connectivity index (χ4n) is 1.72. The summed E-state index contributed by atoms with van der Waals surface area (Å²) in [5.41, 5.74) is 2.03. The van der Waals surface area contributed by atoms with Crippen LogP contribution in [0.4, 0.5) is 0 Å². The van der Waals surface area contributed by atoms with Crippen LogP contribution in [0.5, 0.6) is 0 Å². The van der Waals surface area contributed by atoms with Crippen LogP contribution in [-0.2, 0) is 4.84 Å². The van der Waals surface area contributed by atoms with Gasteiger partial charge in [0.25, 0.3) is 0 Å². The Balaban J connectivity index is 1.95. The van der Waals surface area contributed by atoms with Gasteiger partial charge in [0.2, 0.25) is 0 Å². The van der Waals surface area contributed by atoms with Crippen molar-refractivity contribution in [2.24, 2.45) is 5.16 Å². The molecule has 3 nitrogen and oxygen atoms in total. The predicted molar refractivity (Wildman–Crippen MR) is 63.3 cm³/mol. The van der Waals surface area contributed by atoms with Crippen LogP contribution in [0.1, 0.15) is 18.4 Å². The molecule has 2 atom stereocenters. The number of aliphatic hydroxyl groups is 1. The summed E-state index contributed by atoms with van der Waals surface area (Å²) < 4.78 is 0. The summed E-state index contributed by atoms with van der Waals surface area (Å²) in [6.45, 7) is 3.54. The summed E-state index contributed by atoms with van der Waals surface area (Å²) in [4.78, 5) is 5.27. The first-order valence-corrected chi connectivity index (χ1v) is 5.38. The van der Waals surface area contributed by atoms with Crippen LogP contribution in [0.15, 0.2) is 48.1 Å². The summed E-state index contributed by atoms with van der Waals surface area (Å²) in [6, 6.07) is 9.94. The number of hydrogen-bond donors (Lipinski definition) is 1. The van der Waals surface area contributed by atoms with Gasteiger partial charge in [0.05, 0.1) is 11.8 Å². The molecule has 1 aromatic carbocycles. The molecule has 16 heavy (non-hydrogen) atoms. The van der Waals surface area contributed by atoms with Crippen molar-refractivity contribution in [3.8, 4) is 0 Å². The molecule has 1 heterocycles. The summed E-state index contributed by atoms with van der Waals surface area (Å²) in [7, 11) is 0. The maximum atomic E-state index is 9.43. The van der Waals surface area contributed by atoms with E-state index >= 15 is 0 Å². The number of aliphatic hydroxyl groups excluding tert-OH is 1. The highest BCUT2D eigenvalue weighted by atomic mass is 16.6. The van der Waals surface area contributed by atoms with E-state index in [1.807, 2.05) is 30.3 Å². The van der Waals surface area contributed by atoms with E-state index in [0.29, 0.717) is 6.42 Å². The van der Waals surface area contributed by atoms with Gasteiger partial charge in [-0.25, -0.2) is 0 Å². The monoisotopic (exact) mass is 217 g/mol. The summed E-state index contributed by atoms with van der Waals surface area (Å²) in [5, 5.41) is 13.5. The third-order valence-corrected chi connectivity index (χ3v) is 2.62. The largest absolute Gasteiger partial charge is 0.392 e. The Morgan fingerprint density at radius 3 is 2.94 bits per heavy atom. The first-order valence-electron chi connectivity index (χ1n) is 5.38. The van der Waals surface area contributed by atoms with E-state index in [-0.39, 0.29) is 6.10 Å². The molecule has 0 aromatic heterocycles. The van der Waals surface area contributed by atoms with Gasteiger partial charge in [-0.3, -0.25) is 0 Å². The van der Waals surface area contributed by atoms with Crippen LogP contribution in [0.3, 0.4) is 0 Å². The van der Waals surface area contributed by atoms with Gasteiger partial charge >= 0.3 is 0 Å². The van der Waals surface area contributed by atoms with Crippen molar-refractivity contribution in [2.45, 2.75) is 25.0 Å². The van der Waals surface area contributed by atoms with Crippen molar-refractivity contribution in [2.75, 3.05) is 0 Å². The van der Waals surface area contributed by atoms with Crippen molar-refractivity contribution in [3.63, 3.8) is 0 Å². The molecule has 1 aromatic rings. The number of rotatable bonds is 4. The average Bonchev–Trinajstić information content (AvgIpc) is 2.78.